The average molecular weight is 473 g/mol. The molecule has 1 aliphatic rings. The average Bonchev–Trinajstić information content (AvgIpc) is 3.15. The van der Waals surface area contributed by atoms with E-state index in [9.17, 15) is 4.79 Å². The summed E-state index contributed by atoms with van der Waals surface area (Å²) in [6.45, 7) is 13.4. The minimum Gasteiger partial charge on any atom is -0.362 e. The summed E-state index contributed by atoms with van der Waals surface area (Å²) in [4.78, 5) is 14.8. The van der Waals surface area contributed by atoms with Crippen molar-refractivity contribution in [2.45, 2.75) is 53.5 Å². The Balaban J connectivity index is 1.51. The monoisotopic (exact) mass is 472 g/mol. The Morgan fingerprint density at radius 1 is 1.06 bits per heavy atom. The van der Waals surface area contributed by atoms with E-state index < -0.39 is 0 Å². The van der Waals surface area contributed by atoms with E-state index in [0.717, 1.165) is 46.9 Å². The first-order valence-corrected chi connectivity index (χ1v) is 12.0. The van der Waals surface area contributed by atoms with Gasteiger partial charge in [-0.2, -0.15) is 5.10 Å². The van der Waals surface area contributed by atoms with E-state index in [-0.39, 0.29) is 17.3 Å². The van der Waals surface area contributed by atoms with E-state index in [1.807, 2.05) is 32.9 Å². The molecule has 6 heteroatoms. The molecule has 0 aliphatic carbocycles. The number of nitrogens with zero attached hydrogens (tertiary/aromatic N) is 3. The highest BCUT2D eigenvalue weighted by Crippen LogP contribution is 2.40. The van der Waals surface area contributed by atoms with Gasteiger partial charge in [0, 0.05) is 46.0 Å². The second-order valence-corrected chi connectivity index (χ2v) is 9.72. The SMILES string of the molecule is CCCN1c2cc(F)c(/C=N\NC(=O)c3ccc(-n4c(C)ccc4C)cc3)cc2C(C)=CC1(C)C. The van der Waals surface area contributed by atoms with Gasteiger partial charge < -0.3 is 9.47 Å². The number of nitrogens with one attached hydrogen (secondary N) is 1. The Kier molecular flexibility index (Phi) is 6.66. The second kappa shape index (κ2) is 9.53. The van der Waals surface area contributed by atoms with Gasteiger partial charge in [0.15, 0.2) is 0 Å². The maximum atomic E-state index is 15.0. The summed E-state index contributed by atoms with van der Waals surface area (Å²) in [5, 5.41) is 4.03. The molecule has 0 bridgehead atoms. The number of aromatic nitrogens is 1. The fraction of sp³-hybridized carbons (Fsp3) is 0.310. The molecule has 0 radical (unpaired) electrons. The van der Waals surface area contributed by atoms with Crippen LogP contribution in [-0.2, 0) is 0 Å². The third-order valence-electron chi connectivity index (χ3n) is 6.57. The molecule has 5 nitrogen and oxygen atoms in total. The van der Waals surface area contributed by atoms with Crippen LogP contribution in [-0.4, -0.2) is 28.8 Å². The maximum absolute atomic E-state index is 15.0. The van der Waals surface area contributed by atoms with Gasteiger partial charge in [-0.25, -0.2) is 9.82 Å². The van der Waals surface area contributed by atoms with Gasteiger partial charge in [0.2, 0.25) is 0 Å². The third-order valence-corrected chi connectivity index (χ3v) is 6.57. The number of carbonyl (C=O) groups excluding carboxylic acids is 1. The van der Waals surface area contributed by atoms with Crippen molar-refractivity contribution in [2.24, 2.45) is 5.10 Å². The predicted octanol–water partition coefficient (Wildman–Crippen LogP) is 6.41. The van der Waals surface area contributed by atoms with Gasteiger partial charge in [0.05, 0.1) is 11.8 Å². The zero-order valence-electron chi connectivity index (χ0n) is 21.3. The van der Waals surface area contributed by atoms with E-state index in [1.54, 1.807) is 24.3 Å². The normalized spacial score (nSPS) is 14.7. The number of halogens is 1. The van der Waals surface area contributed by atoms with Crippen LogP contribution in [0.4, 0.5) is 10.1 Å². The zero-order chi connectivity index (χ0) is 25.3. The second-order valence-electron chi connectivity index (χ2n) is 9.72. The summed E-state index contributed by atoms with van der Waals surface area (Å²) in [5.41, 5.74) is 9.37. The Hall–Kier alpha value is -3.67. The van der Waals surface area contributed by atoms with Gasteiger partial charge in [-0.3, -0.25) is 4.79 Å². The summed E-state index contributed by atoms with van der Waals surface area (Å²) in [5.74, 6) is -0.714. The quantitative estimate of drug-likeness (QED) is 0.333. The maximum Gasteiger partial charge on any atom is 0.271 e. The standard InChI is InChI=1S/C29H33FN4O/c1-7-14-33-27-16-26(30)23(15-25(27)19(2)17-29(33,5)6)18-31-32-28(35)22-10-12-24(13-11-22)34-20(3)8-9-21(34)4/h8-13,15-18H,7,14H2,1-6H3,(H,32,35)/b31-18-. The molecule has 0 saturated carbocycles. The van der Waals surface area contributed by atoms with Gasteiger partial charge >= 0.3 is 0 Å². The molecule has 0 unspecified atom stereocenters. The highest BCUT2D eigenvalue weighted by Gasteiger charge is 2.31. The van der Waals surface area contributed by atoms with Gasteiger partial charge in [-0.1, -0.05) is 13.0 Å². The van der Waals surface area contributed by atoms with Crippen molar-refractivity contribution in [3.63, 3.8) is 0 Å². The number of hydrazone groups is 1. The molecule has 2 aromatic carbocycles. The van der Waals surface area contributed by atoms with Crippen LogP contribution in [0.5, 0.6) is 0 Å². The van der Waals surface area contributed by atoms with E-state index in [2.05, 4.69) is 59.0 Å². The molecule has 1 N–H and O–H groups in total. The molecule has 0 saturated heterocycles. The lowest BCUT2D eigenvalue weighted by atomic mass is 9.88. The molecule has 1 aromatic heterocycles. The van der Waals surface area contributed by atoms with Crippen LogP contribution in [0.25, 0.3) is 11.3 Å². The number of amides is 1. The van der Waals surface area contributed by atoms with Gasteiger partial charge in [0.25, 0.3) is 5.91 Å². The van der Waals surface area contributed by atoms with Crippen LogP contribution >= 0.6 is 0 Å². The first-order valence-electron chi connectivity index (χ1n) is 12.0. The molecule has 3 aromatic rings. The lowest BCUT2D eigenvalue weighted by molar-refractivity contribution is 0.0955. The number of hydrogen-bond acceptors (Lipinski definition) is 3. The van der Waals surface area contributed by atoms with Crippen molar-refractivity contribution in [1.29, 1.82) is 0 Å². The first kappa shape index (κ1) is 24.5. The molecular formula is C29H33FN4O. The van der Waals surface area contributed by atoms with Gasteiger partial charge in [0.1, 0.15) is 5.82 Å². The van der Waals surface area contributed by atoms with Gasteiger partial charge in [-0.15, -0.1) is 0 Å². The fourth-order valence-electron chi connectivity index (χ4n) is 4.91. The number of anilines is 1. The predicted molar refractivity (Wildman–Crippen MR) is 142 cm³/mol. The van der Waals surface area contributed by atoms with Crippen LogP contribution < -0.4 is 10.3 Å². The van der Waals surface area contributed by atoms with E-state index in [0.29, 0.717) is 11.1 Å². The summed E-state index contributed by atoms with van der Waals surface area (Å²) in [6.07, 6.45) is 4.55. The largest absolute Gasteiger partial charge is 0.362 e. The van der Waals surface area contributed by atoms with Crippen molar-refractivity contribution in [1.82, 2.24) is 9.99 Å². The summed E-state index contributed by atoms with van der Waals surface area (Å²) >= 11 is 0. The summed E-state index contributed by atoms with van der Waals surface area (Å²) in [7, 11) is 0. The zero-order valence-corrected chi connectivity index (χ0v) is 21.3. The van der Waals surface area contributed by atoms with Crippen molar-refractivity contribution < 1.29 is 9.18 Å². The Bertz CT molecular complexity index is 1300. The van der Waals surface area contributed by atoms with Crippen LogP contribution in [0.2, 0.25) is 0 Å². The minimum absolute atomic E-state index is 0.183. The van der Waals surface area contributed by atoms with E-state index in [1.165, 1.54) is 6.21 Å². The van der Waals surface area contributed by atoms with E-state index >= 15 is 4.39 Å². The molecule has 0 fully saturated rings. The number of aryl methyl sites for hydroxylation is 2. The van der Waals surface area contributed by atoms with Crippen LogP contribution in [0, 0.1) is 19.7 Å². The first-order chi connectivity index (χ1) is 16.6. The number of carbonyl (C=O) groups is 1. The van der Waals surface area contributed by atoms with Crippen molar-refractivity contribution in [3.05, 3.63) is 88.5 Å². The van der Waals surface area contributed by atoms with Crippen LogP contribution in [0.3, 0.4) is 0 Å². The van der Waals surface area contributed by atoms with E-state index in [4.69, 9.17) is 0 Å². The number of rotatable bonds is 6. The molecule has 4 rings (SSSR count). The Morgan fingerprint density at radius 3 is 2.34 bits per heavy atom. The van der Waals surface area contributed by atoms with Crippen LogP contribution in [0.15, 0.2) is 59.7 Å². The minimum atomic E-state index is -0.366. The number of benzene rings is 2. The van der Waals surface area contributed by atoms with Crippen molar-refractivity contribution >= 4 is 23.4 Å². The molecule has 1 amide bonds. The topological polar surface area (TPSA) is 49.6 Å². The molecule has 182 valence electrons. The van der Waals surface area contributed by atoms with Crippen LogP contribution in [0.1, 0.15) is 67.0 Å². The Morgan fingerprint density at radius 2 is 1.71 bits per heavy atom. The lowest BCUT2D eigenvalue weighted by Crippen LogP contribution is -2.45. The molecule has 0 spiro atoms. The molecular weight excluding hydrogens is 439 g/mol. The smallest absolute Gasteiger partial charge is 0.271 e. The summed E-state index contributed by atoms with van der Waals surface area (Å²) < 4.78 is 17.1. The Labute approximate surface area is 207 Å². The molecule has 1 aliphatic heterocycles. The third kappa shape index (κ3) is 4.78. The van der Waals surface area contributed by atoms with Gasteiger partial charge in [-0.05, 0) is 95.1 Å². The fourth-order valence-corrected chi connectivity index (χ4v) is 4.91. The number of hydrogen-bond donors (Lipinski definition) is 1. The highest BCUT2D eigenvalue weighted by atomic mass is 19.1. The lowest BCUT2D eigenvalue weighted by Gasteiger charge is -2.43. The molecule has 35 heavy (non-hydrogen) atoms. The molecule has 2 heterocycles. The highest BCUT2D eigenvalue weighted by molar-refractivity contribution is 5.95. The number of fused-ring (bicyclic) bond motifs is 1. The van der Waals surface area contributed by atoms with Crippen molar-refractivity contribution in [3.8, 4) is 5.69 Å². The van der Waals surface area contributed by atoms with Crippen molar-refractivity contribution in [2.75, 3.05) is 11.4 Å². The molecule has 0 atom stereocenters. The number of allylic oxidation sites excluding steroid dienone is 1. The summed E-state index contributed by atoms with van der Waals surface area (Å²) in [6, 6.07) is 14.8.